The third-order valence-electron chi connectivity index (χ3n) is 14.6. The van der Waals surface area contributed by atoms with Gasteiger partial charge in [-0.25, -0.2) is 0 Å². The summed E-state index contributed by atoms with van der Waals surface area (Å²) in [5.41, 5.74) is 20.8. The van der Waals surface area contributed by atoms with Gasteiger partial charge in [-0.2, -0.15) is 0 Å². The lowest BCUT2D eigenvalue weighted by Crippen LogP contribution is -2.28. The average molecular weight is 860 g/mol. The van der Waals surface area contributed by atoms with Crippen molar-refractivity contribution in [1.29, 1.82) is 0 Å². The lowest BCUT2D eigenvalue weighted by atomic mass is 9.67. The van der Waals surface area contributed by atoms with Crippen LogP contribution >= 0.6 is 11.3 Å². The maximum atomic E-state index is 2.44. The van der Waals surface area contributed by atoms with Gasteiger partial charge >= 0.3 is 0 Å². The van der Waals surface area contributed by atoms with E-state index in [0.29, 0.717) is 0 Å². The van der Waals surface area contributed by atoms with Gasteiger partial charge in [-0.15, -0.1) is 11.3 Å². The second-order valence-corrected chi connectivity index (χ2v) is 19.5. The summed E-state index contributed by atoms with van der Waals surface area (Å²) in [5.74, 6) is 0. The number of hydrogen-bond acceptors (Lipinski definition) is 2. The van der Waals surface area contributed by atoms with Crippen LogP contribution in [0.3, 0.4) is 0 Å². The topological polar surface area (TPSA) is 3.24 Å². The molecule has 0 unspecified atom stereocenters. The molecule has 66 heavy (non-hydrogen) atoms. The summed E-state index contributed by atoms with van der Waals surface area (Å²) in [6.07, 6.45) is 0. The van der Waals surface area contributed by atoms with Crippen LogP contribution in [0.2, 0.25) is 0 Å². The second-order valence-electron chi connectivity index (χ2n) is 18.4. The number of benzene rings is 10. The number of hydrogen-bond donors (Lipinski definition) is 0. The quantitative estimate of drug-likeness (QED) is 0.154. The largest absolute Gasteiger partial charge is 0.310 e. The molecule has 0 saturated heterocycles. The molecule has 2 aliphatic carbocycles. The van der Waals surface area contributed by atoms with Crippen molar-refractivity contribution in [3.05, 3.63) is 270 Å². The first kappa shape index (κ1) is 38.7. The summed E-state index contributed by atoms with van der Waals surface area (Å²) in [7, 11) is 0. The minimum atomic E-state index is -0.428. The summed E-state index contributed by atoms with van der Waals surface area (Å²) in [6, 6.07) is 88.2. The fraction of sp³-hybridized carbons (Fsp3) is 0.0625. The Morgan fingerprint density at radius 2 is 0.864 bits per heavy atom. The molecule has 0 spiro atoms. The zero-order chi connectivity index (χ0) is 44.0. The van der Waals surface area contributed by atoms with Gasteiger partial charge in [0.25, 0.3) is 0 Å². The summed E-state index contributed by atoms with van der Waals surface area (Å²) in [6.45, 7) is 4.73. The Morgan fingerprint density at radius 1 is 0.318 bits per heavy atom. The van der Waals surface area contributed by atoms with Crippen LogP contribution in [0.1, 0.15) is 47.2 Å². The molecule has 312 valence electrons. The predicted molar refractivity (Wildman–Crippen MR) is 280 cm³/mol. The van der Waals surface area contributed by atoms with E-state index in [-0.39, 0.29) is 5.41 Å². The van der Waals surface area contributed by atoms with Crippen LogP contribution < -0.4 is 4.90 Å². The molecule has 0 N–H and O–H groups in total. The Hall–Kier alpha value is -7.78. The Balaban J connectivity index is 0.942. The standard InChI is InChI=1S/C64H45NS/c1-63(2)57-25-12-9-22-51(57)53-36-34-50(41-60(53)63)65(48-32-28-42(29-33-48)45-30-35-55-54-24-11-14-27-61(54)66-62(55)40-45)49-21-15-16-43(38-49)44-31-37-59-56(39-44)52-23-10-13-26-58(52)64(59,46-17-5-3-6-18-46)47-19-7-4-8-20-47/h3-41H,1-2H3. The Morgan fingerprint density at radius 3 is 1.64 bits per heavy atom. The molecule has 0 radical (unpaired) electrons. The third kappa shape index (κ3) is 5.78. The zero-order valence-corrected chi connectivity index (χ0v) is 37.7. The molecule has 2 aliphatic rings. The molecule has 10 aromatic carbocycles. The molecule has 0 atom stereocenters. The first-order chi connectivity index (χ1) is 32.5. The highest BCUT2D eigenvalue weighted by molar-refractivity contribution is 7.25. The summed E-state index contributed by atoms with van der Waals surface area (Å²) >= 11 is 1.87. The normalized spacial score (nSPS) is 13.8. The van der Waals surface area contributed by atoms with Gasteiger partial charge in [-0.3, -0.25) is 0 Å². The first-order valence-corrected chi connectivity index (χ1v) is 23.8. The second kappa shape index (κ2) is 14.9. The maximum Gasteiger partial charge on any atom is 0.0713 e. The number of anilines is 3. The Kier molecular flexibility index (Phi) is 8.72. The molecule has 0 bridgehead atoms. The Labute approximate surface area is 390 Å². The highest BCUT2D eigenvalue weighted by atomic mass is 32.1. The molecule has 1 nitrogen and oxygen atoms in total. The van der Waals surface area contributed by atoms with E-state index < -0.39 is 5.41 Å². The monoisotopic (exact) mass is 859 g/mol. The first-order valence-electron chi connectivity index (χ1n) is 23.0. The molecular weight excluding hydrogens is 815 g/mol. The van der Waals surface area contributed by atoms with Gasteiger partial charge in [0.05, 0.1) is 5.41 Å². The van der Waals surface area contributed by atoms with Crippen molar-refractivity contribution in [3.63, 3.8) is 0 Å². The van der Waals surface area contributed by atoms with Gasteiger partial charge in [0, 0.05) is 42.6 Å². The van der Waals surface area contributed by atoms with Gasteiger partial charge < -0.3 is 4.90 Å². The van der Waals surface area contributed by atoms with Crippen LogP contribution in [0, 0.1) is 0 Å². The number of nitrogens with zero attached hydrogens (tertiary/aromatic N) is 1. The summed E-state index contributed by atoms with van der Waals surface area (Å²) < 4.78 is 2.65. The highest BCUT2D eigenvalue weighted by Gasteiger charge is 2.46. The molecule has 0 amide bonds. The molecular formula is C64H45NS. The molecule has 0 aliphatic heterocycles. The van der Waals surface area contributed by atoms with E-state index in [2.05, 4.69) is 255 Å². The van der Waals surface area contributed by atoms with Gasteiger partial charge in [-0.1, -0.05) is 196 Å². The van der Waals surface area contributed by atoms with Crippen molar-refractivity contribution in [3.8, 4) is 44.5 Å². The zero-order valence-electron chi connectivity index (χ0n) is 36.9. The number of thiophene rings is 1. The maximum absolute atomic E-state index is 2.44. The lowest BCUT2D eigenvalue weighted by Gasteiger charge is -2.33. The summed E-state index contributed by atoms with van der Waals surface area (Å²) in [4.78, 5) is 2.44. The van der Waals surface area contributed by atoms with Crippen LogP contribution in [-0.2, 0) is 10.8 Å². The summed E-state index contributed by atoms with van der Waals surface area (Å²) in [5, 5.41) is 2.65. The van der Waals surface area contributed by atoms with Gasteiger partial charge in [0.15, 0.2) is 0 Å². The van der Waals surface area contributed by atoms with E-state index >= 15 is 0 Å². The number of fused-ring (bicyclic) bond motifs is 9. The molecule has 2 heteroatoms. The van der Waals surface area contributed by atoms with Crippen LogP contribution in [0.15, 0.2) is 237 Å². The van der Waals surface area contributed by atoms with Crippen molar-refractivity contribution in [2.75, 3.05) is 4.90 Å². The van der Waals surface area contributed by atoms with Crippen LogP contribution in [0.25, 0.3) is 64.7 Å². The van der Waals surface area contributed by atoms with Crippen molar-refractivity contribution in [2.45, 2.75) is 24.7 Å². The number of rotatable bonds is 7. The van der Waals surface area contributed by atoms with E-state index in [1.165, 1.54) is 98.1 Å². The van der Waals surface area contributed by atoms with Crippen LogP contribution in [-0.4, -0.2) is 0 Å². The van der Waals surface area contributed by atoms with E-state index in [9.17, 15) is 0 Å². The third-order valence-corrected chi connectivity index (χ3v) is 15.7. The lowest BCUT2D eigenvalue weighted by molar-refractivity contribution is 0.660. The molecule has 0 fully saturated rings. The van der Waals surface area contributed by atoms with E-state index in [0.717, 1.165) is 17.1 Å². The SMILES string of the molecule is CC1(C)c2ccccc2-c2ccc(N(c3ccc(-c4ccc5c(c4)sc4ccccc45)cc3)c3cccc(-c4ccc5c(c4)-c4ccccc4C5(c4ccccc4)c4ccccc4)c3)cc21. The van der Waals surface area contributed by atoms with Crippen LogP contribution in [0.4, 0.5) is 17.1 Å². The predicted octanol–water partition coefficient (Wildman–Crippen LogP) is 17.5. The fourth-order valence-electron chi connectivity index (χ4n) is 11.4. The fourth-order valence-corrected chi connectivity index (χ4v) is 12.6. The highest BCUT2D eigenvalue weighted by Crippen LogP contribution is 2.57. The minimum Gasteiger partial charge on any atom is -0.310 e. The van der Waals surface area contributed by atoms with Gasteiger partial charge in [0.2, 0.25) is 0 Å². The van der Waals surface area contributed by atoms with Crippen molar-refractivity contribution < 1.29 is 0 Å². The molecule has 13 rings (SSSR count). The van der Waals surface area contributed by atoms with E-state index in [1.807, 2.05) is 11.3 Å². The van der Waals surface area contributed by atoms with Crippen molar-refractivity contribution in [1.82, 2.24) is 0 Å². The minimum absolute atomic E-state index is 0.125. The smallest absolute Gasteiger partial charge is 0.0713 e. The van der Waals surface area contributed by atoms with Gasteiger partial charge in [0.1, 0.15) is 0 Å². The van der Waals surface area contributed by atoms with E-state index in [1.54, 1.807) is 0 Å². The molecule has 1 heterocycles. The molecule has 1 aromatic heterocycles. The average Bonchev–Trinajstić information content (AvgIpc) is 3.98. The van der Waals surface area contributed by atoms with Crippen molar-refractivity contribution in [2.24, 2.45) is 0 Å². The van der Waals surface area contributed by atoms with Crippen molar-refractivity contribution >= 4 is 48.6 Å². The van der Waals surface area contributed by atoms with E-state index in [4.69, 9.17) is 0 Å². The van der Waals surface area contributed by atoms with Gasteiger partial charge in [-0.05, 0) is 132 Å². The van der Waals surface area contributed by atoms with Crippen LogP contribution in [0.5, 0.6) is 0 Å². The molecule has 11 aromatic rings. The molecule has 0 saturated carbocycles. The Bertz CT molecular complexity index is 3630.